The van der Waals surface area contributed by atoms with Crippen molar-refractivity contribution in [2.75, 3.05) is 0 Å². The number of alkyl halides is 3. The van der Waals surface area contributed by atoms with Crippen molar-refractivity contribution >= 4 is 17.6 Å². The molecule has 0 aliphatic carbocycles. The lowest BCUT2D eigenvalue weighted by Crippen LogP contribution is -2.63. The number of furan rings is 1. The maximum atomic E-state index is 14.4. The summed E-state index contributed by atoms with van der Waals surface area (Å²) in [5.41, 5.74) is -2.36. The Bertz CT molecular complexity index is 1160. The first kappa shape index (κ1) is 21.4. The number of halogens is 3. The summed E-state index contributed by atoms with van der Waals surface area (Å²) in [5.74, 6) is -2.43. The Morgan fingerprint density at radius 3 is 2.34 bits per heavy atom. The van der Waals surface area contributed by atoms with Gasteiger partial charge in [0.05, 0.1) is 12.8 Å². The molecule has 2 aromatic carbocycles. The second-order valence-electron chi connectivity index (χ2n) is 7.30. The molecule has 2 amide bonds. The van der Waals surface area contributed by atoms with Crippen LogP contribution in [0.25, 0.3) is 0 Å². The van der Waals surface area contributed by atoms with Gasteiger partial charge < -0.3 is 9.73 Å². The number of amides is 2. The molecule has 3 aromatic rings. The molecule has 6 nitrogen and oxygen atoms in total. The maximum Gasteiger partial charge on any atom is 0.442 e. The van der Waals surface area contributed by atoms with Crippen molar-refractivity contribution < 1.29 is 27.2 Å². The highest BCUT2D eigenvalue weighted by Crippen LogP contribution is 2.39. The molecule has 4 rings (SSSR count). The highest BCUT2D eigenvalue weighted by atomic mass is 19.4. The van der Waals surface area contributed by atoms with Crippen LogP contribution in [0.5, 0.6) is 0 Å². The Morgan fingerprint density at radius 1 is 1.06 bits per heavy atom. The number of nitrogens with one attached hydrogen (secondary N) is 1. The highest BCUT2D eigenvalue weighted by Gasteiger charge is 2.67. The van der Waals surface area contributed by atoms with Crippen LogP contribution in [0.1, 0.15) is 27.2 Å². The standard InChI is InChI=1S/C23H18F3N3O3/c1-15-9-11-17(12-10-15)20(30)28-22(23(24,25)26)21(31)29(14-18-8-5-13-32-18)19(27-22)16-6-3-2-4-7-16/h2-13H,14H2,1H3,(H,28,30). The van der Waals surface area contributed by atoms with Gasteiger partial charge in [0.1, 0.15) is 11.6 Å². The van der Waals surface area contributed by atoms with E-state index in [0.717, 1.165) is 10.5 Å². The fourth-order valence-electron chi connectivity index (χ4n) is 3.35. The van der Waals surface area contributed by atoms with E-state index in [0.29, 0.717) is 5.56 Å². The molecular weight excluding hydrogens is 423 g/mol. The van der Waals surface area contributed by atoms with Crippen LogP contribution < -0.4 is 5.32 Å². The zero-order valence-corrected chi connectivity index (χ0v) is 16.9. The molecule has 0 fully saturated rings. The van der Waals surface area contributed by atoms with Crippen molar-refractivity contribution in [3.63, 3.8) is 0 Å². The van der Waals surface area contributed by atoms with Crippen molar-refractivity contribution in [2.24, 2.45) is 4.99 Å². The van der Waals surface area contributed by atoms with Crippen LogP contribution in [0.2, 0.25) is 0 Å². The van der Waals surface area contributed by atoms with Gasteiger partial charge >= 0.3 is 11.8 Å². The number of hydrogen-bond acceptors (Lipinski definition) is 4. The third-order valence-corrected chi connectivity index (χ3v) is 5.03. The average molecular weight is 441 g/mol. The van der Waals surface area contributed by atoms with Crippen LogP contribution in [-0.2, 0) is 11.3 Å². The fourth-order valence-corrected chi connectivity index (χ4v) is 3.35. The molecule has 164 valence electrons. The van der Waals surface area contributed by atoms with Gasteiger partial charge in [0.15, 0.2) is 0 Å². The van der Waals surface area contributed by atoms with E-state index < -0.39 is 23.7 Å². The minimum atomic E-state index is -5.19. The minimum Gasteiger partial charge on any atom is -0.467 e. The molecule has 32 heavy (non-hydrogen) atoms. The number of carbonyl (C=O) groups excluding carboxylic acids is 2. The molecule has 1 aromatic heterocycles. The van der Waals surface area contributed by atoms with Gasteiger partial charge in [0.25, 0.3) is 11.8 Å². The molecule has 2 heterocycles. The molecule has 0 radical (unpaired) electrons. The van der Waals surface area contributed by atoms with E-state index in [9.17, 15) is 22.8 Å². The van der Waals surface area contributed by atoms with Gasteiger partial charge in [-0.15, -0.1) is 0 Å². The first-order chi connectivity index (χ1) is 15.2. The number of carbonyl (C=O) groups is 2. The average Bonchev–Trinajstić information content (AvgIpc) is 3.37. The monoisotopic (exact) mass is 441 g/mol. The van der Waals surface area contributed by atoms with Crippen molar-refractivity contribution in [1.29, 1.82) is 0 Å². The van der Waals surface area contributed by atoms with E-state index >= 15 is 0 Å². The van der Waals surface area contributed by atoms with Crippen LogP contribution in [-0.4, -0.2) is 34.4 Å². The third-order valence-electron chi connectivity index (χ3n) is 5.03. The number of aryl methyl sites for hydroxylation is 1. The lowest BCUT2D eigenvalue weighted by Gasteiger charge is -2.29. The number of nitrogens with zero attached hydrogens (tertiary/aromatic N) is 2. The van der Waals surface area contributed by atoms with Gasteiger partial charge in [-0.3, -0.25) is 14.5 Å². The number of benzene rings is 2. The van der Waals surface area contributed by atoms with Gasteiger partial charge in [-0.2, -0.15) is 13.2 Å². The summed E-state index contributed by atoms with van der Waals surface area (Å²) in [5, 5.41) is 1.85. The lowest BCUT2D eigenvalue weighted by atomic mass is 10.1. The SMILES string of the molecule is Cc1ccc(C(=O)NC2(C(F)(F)F)N=C(c3ccccc3)N(Cc3ccco3)C2=O)cc1. The quantitative estimate of drug-likeness (QED) is 0.649. The van der Waals surface area contributed by atoms with E-state index in [2.05, 4.69) is 4.99 Å². The van der Waals surface area contributed by atoms with E-state index in [-0.39, 0.29) is 23.7 Å². The Morgan fingerprint density at radius 2 is 1.75 bits per heavy atom. The molecule has 1 aliphatic heterocycles. The zero-order chi connectivity index (χ0) is 22.9. The summed E-state index contributed by atoms with van der Waals surface area (Å²) in [6.07, 6.45) is -3.84. The van der Waals surface area contributed by atoms with E-state index in [1.165, 1.54) is 36.6 Å². The summed E-state index contributed by atoms with van der Waals surface area (Å²) < 4.78 is 48.3. The van der Waals surface area contributed by atoms with Crippen LogP contribution in [0, 0.1) is 6.92 Å². The summed E-state index contributed by atoms with van der Waals surface area (Å²) in [7, 11) is 0. The zero-order valence-electron chi connectivity index (χ0n) is 16.9. The molecule has 1 atom stereocenters. The normalized spacial score (nSPS) is 18.6. The number of aliphatic imine (C=N–C) groups is 1. The van der Waals surface area contributed by atoms with Crippen molar-refractivity contribution in [3.05, 3.63) is 95.4 Å². The predicted octanol–water partition coefficient (Wildman–Crippen LogP) is 4.07. The Kier molecular flexibility index (Phi) is 5.33. The topological polar surface area (TPSA) is 74.9 Å². The molecule has 0 bridgehead atoms. The molecule has 1 N–H and O–H groups in total. The van der Waals surface area contributed by atoms with E-state index in [4.69, 9.17) is 4.42 Å². The Labute approximate surface area is 181 Å². The van der Waals surface area contributed by atoms with Gasteiger partial charge in [-0.05, 0) is 31.2 Å². The lowest BCUT2D eigenvalue weighted by molar-refractivity contribution is -0.196. The van der Waals surface area contributed by atoms with Gasteiger partial charge in [0.2, 0.25) is 0 Å². The molecule has 9 heteroatoms. The molecule has 1 aliphatic rings. The molecular formula is C23H18F3N3O3. The molecule has 1 unspecified atom stereocenters. The number of rotatable bonds is 5. The van der Waals surface area contributed by atoms with E-state index in [1.54, 1.807) is 43.3 Å². The number of amidine groups is 1. The second-order valence-corrected chi connectivity index (χ2v) is 7.30. The maximum absolute atomic E-state index is 14.4. The second kappa shape index (κ2) is 7.99. The largest absolute Gasteiger partial charge is 0.467 e. The van der Waals surface area contributed by atoms with Crippen molar-refractivity contribution in [2.45, 2.75) is 25.3 Å². The van der Waals surface area contributed by atoms with Crippen molar-refractivity contribution in [1.82, 2.24) is 10.2 Å². The molecule has 0 saturated carbocycles. The van der Waals surface area contributed by atoms with Crippen LogP contribution in [0.3, 0.4) is 0 Å². The van der Waals surface area contributed by atoms with Crippen LogP contribution >= 0.6 is 0 Å². The summed E-state index contributed by atoms with van der Waals surface area (Å²) in [6.45, 7) is 1.50. The number of hydrogen-bond donors (Lipinski definition) is 1. The smallest absolute Gasteiger partial charge is 0.442 e. The minimum absolute atomic E-state index is 0.0204. The summed E-state index contributed by atoms with van der Waals surface area (Å²) in [4.78, 5) is 30.6. The van der Waals surface area contributed by atoms with Crippen LogP contribution in [0.4, 0.5) is 13.2 Å². The van der Waals surface area contributed by atoms with Crippen LogP contribution in [0.15, 0.2) is 82.4 Å². The van der Waals surface area contributed by atoms with E-state index in [1.807, 2.05) is 5.32 Å². The van der Waals surface area contributed by atoms with Gasteiger partial charge in [-0.1, -0.05) is 48.0 Å². The Hall–Kier alpha value is -3.88. The van der Waals surface area contributed by atoms with Gasteiger partial charge in [-0.25, -0.2) is 4.99 Å². The third kappa shape index (κ3) is 3.77. The molecule has 0 saturated heterocycles. The van der Waals surface area contributed by atoms with Crippen molar-refractivity contribution in [3.8, 4) is 0 Å². The predicted molar refractivity (Wildman–Crippen MR) is 110 cm³/mol. The fraction of sp³-hybridized carbons (Fsp3) is 0.174. The summed E-state index contributed by atoms with van der Waals surface area (Å²) >= 11 is 0. The Balaban J connectivity index is 1.79. The van der Waals surface area contributed by atoms with Gasteiger partial charge in [0, 0.05) is 11.1 Å². The highest BCUT2D eigenvalue weighted by molar-refractivity contribution is 6.16. The first-order valence-corrected chi connectivity index (χ1v) is 9.67. The summed E-state index contributed by atoms with van der Waals surface area (Å²) in [6, 6.07) is 17.0. The molecule has 0 spiro atoms. The first-order valence-electron chi connectivity index (χ1n) is 9.67.